The van der Waals surface area contributed by atoms with Gasteiger partial charge in [0.15, 0.2) is 12.4 Å². The topological polar surface area (TPSA) is 152 Å². The molecular formula is C40H74O10-2. The SMILES string of the molecule is [CH2-]CCCCCCCCCCCCCCC(=O)OC[C@H](CO[C@@H]1O[C@H](CO)[C@H](O)[C@H](O)[C@H]1O)OC(=O)CCCCCCCCCCCCC[CH2-]. The first-order valence-electron chi connectivity index (χ1n) is 20.2. The van der Waals surface area contributed by atoms with Crippen molar-refractivity contribution >= 4 is 11.9 Å². The molecule has 1 heterocycles. The van der Waals surface area contributed by atoms with Gasteiger partial charge in [-0.1, -0.05) is 135 Å². The van der Waals surface area contributed by atoms with E-state index in [9.17, 15) is 30.0 Å². The fourth-order valence-electron chi connectivity index (χ4n) is 6.28. The highest BCUT2D eigenvalue weighted by Gasteiger charge is 2.44. The van der Waals surface area contributed by atoms with Gasteiger partial charge in [-0.3, -0.25) is 9.59 Å². The van der Waals surface area contributed by atoms with E-state index in [1.54, 1.807) is 0 Å². The molecule has 0 aromatic carbocycles. The Bertz CT molecular complexity index is 794. The molecule has 1 fully saturated rings. The normalized spacial score (nSPS) is 21.3. The van der Waals surface area contributed by atoms with Gasteiger partial charge in [-0.25, -0.2) is 0 Å². The number of aliphatic hydroxyl groups is 4. The molecule has 6 atom stereocenters. The molecule has 0 unspecified atom stereocenters. The largest absolute Gasteiger partial charge is 0.462 e. The molecule has 50 heavy (non-hydrogen) atoms. The van der Waals surface area contributed by atoms with Gasteiger partial charge in [-0.2, -0.15) is 12.8 Å². The van der Waals surface area contributed by atoms with Crippen LogP contribution < -0.4 is 0 Å². The Kier molecular flexibility index (Phi) is 30.2. The molecule has 0 amide bonds. The minimum Gasteiger partial charge on any atom is -0.462 e. The predicted octanol–water partition coefficient (Wildman–Crippen LogP) is 7.46. The van der Waals surface area contributed by atoms with E-state index in [4.69, 9.17) is 18.9 Å². The zero-order chi connectivity index (χ0) is 36.7. The first kappa shape index (κ1) is 46.7. The number of carbonyl (C=O) groups is 2. The molecule has 0 aromatic rings. The number of carbonyl (C=O) groups excluding carboxylic acids is 2. The maximum absolute atomic E-state index is 12.7. The number of ether oxygens (including phenoxy) is 4. The average molecular weight is 715 g/mol. The van der Waals surface area contributed by atoms with Gasteiger partial charge in [0.2, 0.25) is 0 Å². The number of unbranched alkanes of at least 4 members (excludes halogenated alkanes) is 23. The Morgan fingerprint density at radius 3 is 1.36 bits per heavy atom. The lowest BCUT2D eigenvalue weighted by molar-refractivity contribution is -0.305. The highest BCUT2D eigenvalue weighted by molar-refractivity contribution is 5.70. The van der Waals surface area contributed by atoms with Gasteiger partial charge in [0.05, 0.1) is 13.2 Å². The number of hydrogen-bond donors (Lipinski definition) is 4. The third kappa shape index (κ3) is 24.0. The van der Waals surface area contributed by atoms with Crippen LogP contribution in [0.5, 0.6) is 0 Å². The summed E-state index contributed by atoms with van der Waals surface area (Å²) in [6, 6.07) is 0. The van der Waals surface area contributed by atoms with Crippen molar-refractivity contribution in [3.05, 3.63) is 13.8 Å². The second-order valence-electron chi connectivity index (χ2n) is 14.2. The third-order valence-electron chi connectivity index (χ3n) is 9.53. The minimum atomic E-state index is -1.59. The molecule has 296 valence electrons. The highest BCUT2D eigenvalue weighted by Crippen LogP contribution is 2.23. The van der Waals surface area contributed by atoms with Crippen molar-refractivity contribution in [1.29, 1.82) is 0 Å². The van der Waals surface area contributed by atoms with Crippen molar-refractivity contribution in [2.75, 3.05) is 19.8 Å². The van der Waals surface area contributed by atoms with Crippen molar-refractivity contribution in [3.8, 4) is 0 Å². The summed E-state index contributed by atoms with van der Waals surface area (Å²) < 4.78 is 22.1. The fourth-order valence-corrected chi connectivity index (χ4v) is 6.28. The first-order valence-corrected chi connectivity index (χ1v) is 20.2. The monoisotopic (exact) mass is 715 g/mol. The molecule has 4 N–H and O–H groups in total. The third-order valence-corrected chi connectivity index (χ3v) is 9.53. The molecule has 1 aliphatic rings. The lowest BCUT2D eigenvalue weighted by Gasteiger charge is -2.39. The van der Waals surface area contributed by atoms with Crippen molar-refractivity contribution in [2.45, 2.75) is 210 Å². The highest BCUT2D eigenvalue weighted by atomic mass is 16.7. The summed E-state index contributed by atoms with van der Waals surface area (Å²) in [7, 11) is 0. The second kappa shape index (κ2) is 32.4. The summed E-state index contributed by atoms with van der Waals surface area (Å²) >= 11 is 0. The van der Waals surface area contributed by atoms with Crippen LogP contribution >= 0.6 is 0 Å². The zero-order valence-electron chi connectivity index (χ0n) is 31.3. The molecule has 10 heteroatoms. The Balaban J connectivity index is 2.36. The maximum atomic E-state index is 12.7. The summed E-state index contributed by atoms with van der Waals surface area (Å²) in [5, 5.41) is 39.9. The summed E-state index contributed by atoms with van der Waals surface area (Å²) in [5.41, 5.74) is 0. The lowest BCUT2D eigenvalue weighted by atomic mass is 9.99. The Morgan fingerprint density at radius 1 is 0.540 bits per heavy atom. The van der Waals surface area contributed by atoms with Crippen LogP contribution in [0.3, 0.4) is 0 Å². The quantitative estimate of drug-likeness (QED) is 0.0300. The van der Waals surface area contributed by atoms with Gasteiger partial charge in [-0.15, -0.1) is 0 Å². The minimum absolute atomic E-state index is 0.216. The molecule has 1 rings (SSSR count). The second-order valence-corrected chi connectivity index (χ2v) is 14.2. The number of rotatable bonds is 34. The van der Waals surface area contributed by atoms with Gasteiger partial charge < -0.3 is 53.2 Å². The number of aliphatic hydroxyl groups excluding tert-OH is 4. The molecule has 1 saturated heterocycles. The Morgan fingerprint density at radius 2 is 0.940 bits per heavy atom. The molecule has 0 aromatic heterocycles. The standard InChI is InChI=1S/C40H74O10/c1-3-5-7-9-11-13-15-17-19-20-22-24-26-28-35(42)47-31-33(32-48-40-39(46)38(45)37(44)34(30-41)50-40)49-36(43)29-27-25-23-21-18-16-14-12-10-8-6-4-2/h33-34,37-41,44-46H,1-32H2/q-2/t33-,34-,37+,38+,39-,40-/m1/s1. The van der Waals surface area contributed by atoms with Crippen LogP contribution in [0.4, 0.5) is 0 Å². The maximum Gasteiger partial charge on any atom is 0.306 e. The van der Waals surface area contributed by atoms with E-state index in [2.05, 4.69) is 13.8 Å². The Labute approximate surface area is 304 Å². The van der Waals surface area contributed by atoms with Crippen molar-refractivity contribution in [3.63, 3.8) is 0 Å². The van der Waals surface area contributed by atoms with Crippen LogP contribution in [-0.4, -0.2) is 89.0 Å². The van der Waals surface area contributed by atoms with Crippen LogP contribution in [0.2, 0.25) is 0 Å². The molecule has 0 aliphatic carbocycles. The van der Waals surface area contributed by atoms with E-state index < -0.39 is 49.4 Å². The van der Waals surface area contributed by atoms with Crippen LogP contribution in [-0.2, 0) is 28.5 Å². The predicted molar refractivity (Wildman–Crippen MR) is 196 cm³/mol. The number of hydrogen-bond acceptors (Lipinski definition) is 10. The van der Waals surface area contributed by atoms with Gasteiger partial charge in [0.1, 0.15) is 31.0 Å². The molecular weight excluding hydrogens is 640 g/mol. The van der Waals surface area contributed by atoms with Crippen molar-refractivity contribution < 1.29 is 49.0 Å². The Hall–Kier alpha value is -1.30. The molecule has 0 radical (unpaired) electrons. The van der Waals surface area contributed by atoms with E-state index in [1.165, 1.54) is 103 Å². The zero-order valence-corrected chi connectivity index (χ0v) is 31.3. The van der Waals surface area contributed by atoms with Crippen LogP contribution in [0.25, 0.3) is 0 Å². The molecule has 10 nitrogen and oxygen atoms in total. The number of esters is 2. The molecule has 0 spiro atoms. The fraction of sp³-hybridized carbons (Fsp3) is 0.900. The van der Waals surface area contributed by atoms with Crippen molar-refractivity contribution in [1.82, 2.24) is 0 Å². The van der Waals surface area contributed by atoms with E-state index in [1.807, 2.05) is 0 Å². The van der Waals surface area contributed by atoms with E-state index in [0.717, 1.165) is 51.4 Å². The molecule has 0 bridgehead atoms. The van der Waals surface area contributed by atoms with Crippen molar-refractivity contribution in [2.24, 2.45) is 0 Å². The van der Waals surface area contributed by atoms with E-state index in [-0.39, 0.29) is 32.0 Å². The van der Waals surface area contributed by atoms with Crippen LogP contribution in [0.1, 0.15) is 173 Å². The first-order chi connectivity index (χ1) is 24.3. The van der Waals surface area contributed by atoms with Gasteiger partial charge in [-0.05, 0) is 12.8 Å². The van der Waals surface area contributed by atoms with E-state index in [0.29, 0.717) is 6.42 Å². The summed E-state index contributed by atoms with van der Waals surface area (Å²) in [4.78, 5) is 25.2. The van der Waals surface area contributed by atoms with Crippen LogP contribution in [0, 0.1) is 13.8 Å². The average Bonchev–Trinajstić information content (AvgIpc) is 3.11. The molecule has 1 aliphatic heterocycles. The summed E-state index contributed by atoms with van der Waals surface area (Å²) in [6.45, 7) is 6.70. The summed E-state index contributed by atoms with van der Waals surface area (Å²) in [5.74, 6) is -0.809. The summed E-state index contributed by atoms with van der Waals surface area (Å²) in [6.07, 6.45) is 21.3. The van der Waals surface area contributed by atoms with Gasteiger partial charge in [0.25, 0.3) is 0 Å². The van der Waals surface area contributed by atoms with Crippen LogP contribution in [0.15, 0.2) is 0 Å². The molecule has 0 saturated carbocycles. The van der Waals surface area contributed by atoms with E-state index >= 15 is 0 Å². The smallest absolute Gasteiger partial charge is 0.306 e. The van der Waals surface area contributed by atoms with Gasteiger partial charge in [0, 0.05) is 12.8 Å². The van der Waals surface area contributed by atoms with Gasteiger partial charge >= 0.3 is 11.9 Å². The lowest BCUT2D eigenvalue weighted by Crippen LogP contribution is -2.59.